The van der Waals surface area contributed by atoms with Gasteiger partial charge in [0.15, 0.2) is 0 Å². The summed E-state index contributed by atoms with van der Waals surface area (Å²) in [6.07, 6.45) is 0. The van der Waals surface area contributed by atoms with E-state index in [1.807, 2.05) is 48.5 Å². The van der Waals surface area contributed by atoms with Gasteiger partial charge in [-0.15, -0.1) is 0 Å². The summed E-state index contributed by atoms with van der Waals surface area (Å²) in [6.45, 7) is 0. The van der Waals surface area contributed by atoms with Gasteiger partial charge in [0.1, 0.15) is 0 Å². The number of anilines is 3. The van der Waals surface area contributed by atoms with E-state index in [0.29, 0.717) is 11.7 Å². The minimum absolute atomic E-state index is 0.473. The normalized spacial score (nSPS) is 11.3. The molecule has 10 rings (SSSR count). The molecule has 2 heterocycles. The zero-order valence-corrected chi connectivity index (χ0v) is 29.8. The molecule has 0 fully saturated rings. The molecule has 10 aromatic rings. The third kappa shape index (κ3) is 6.04. The van der Waals surface area contributed by atoms with Gasteiger partial charge in [-0.1, -0.05) is 133 Å². The van der Waals surface area contributed by atoms with Crippen molar-refractivity contribution in [1.82, 2.24) is 14.7 Å². The second-order valence-corrected chi connectivity index (χ2v) is 13.6. The van der Waals surface area contributed by atoms with Crippen LogP contribution in [-0.2, 0) is 0 Å². The Bertz CT molecular complexity index is 2800. The molecule has 0 aliphatic carbocycles. The van der Waals surface area contributed by atoms with Gasteiger partial charge in [0.2, 0.25) is 5.82 Å². The third-order valence-corrected chi connectivity index (χ3v) is 10.2. The van der Waals surface area contributed by atoms with Crippen LogP contribution in [0.3, 0.4) is 0 Å². The van der Waals surface area contributed by atoms with Crippen molar-refractivity contribution in [1.29, 1.82) is 0 Å². The minimum Gasteiger partial charge on any atom is -0.334 e. The van der Waals surface area contributed by atoms with E-state index in [9.17, 15) is 0 Å². The molecule has 0 unspecified atom stereocenters. The second kappa shape index (κ2) is 13.8. The van der Waals surface area contributed by atoms with Crippen LogP contribution in [0.4, 0.5) is 17.1 Å². The van der Waals surface area contributed by atoms with Crippen LogP contribution in [0.5, 0.6) is 0 Å². The second-order valence-electron chi connectivity index (χ2n) is 13.6. The Kier molecular flexibility index (Phi) is 8.08. The van der Waals surface area contributed by atoms with Gasteiger partial charge in [0, 0.05) is 44.6 Å². The number of hydrogen-bond acceptors (Lipinski definition) is 4. The molecule has 0 N–H and O–H groups in total. The first-order chi connectivity index (χ1) is 27.3. The maximum absolute atomic E-state index is 5.76. The van der Waals surface area contributed by atoms with Gasteiger partial charge in [-0.2, -0.15) is 4.98 Å². The maximum atomic E-state index is 5.76. The van der Waals surface area contributed by atoms with E-state index in [0.717, 1.165) is 44.9 Å². The van der Waals surface area contributed by atoms with Crippen molar-refractivity contribution in [2.24, 2.45) is 0 Å². The standard InChI is InChI=1S/C50H34N4O/c1-5-14-35(15-6-1)38-24-30-47-45(33-38)46-34-39(36-16-7-2-8-17-36)25-31-48(46)54(47)43-28-26-42(27-29-43)53(41-21-11-4-12-22-41)44-23-13-20-40(32-44)50-51-49(52-55-50)37-18-9-3-10-19-37/h1-34H. The molecule has 0 saturated carbocycles. The molecule has 5 nitrogen and oxygen atoms in total. The molecule has 0 bridgehead atoms. The molecule has 0 aliphatic heterocycles. The highest BCUT2D eigenvalue weighted by Crippen LogP contribution is 2.40. The van der Waals surface area contributed by atoms with Crippen molar-refractivity contribution < 1.29 is 4.52 Å². The van der Waals surface area contributed by atoms with Gasteiger partial charge in [-0.25, -0.2) is 0 Å². The largest absolute Gasteiger partial charge is 0.334 e. The highest BCUT2D eigenvalue weighted by Gasteiger charge is 2.18. The van der Waals surface area contributed by atoms with Crippen LogP contribution in [0.2, 0.25) is 0 Å². The number of benzene rings is 8. The number of fused-ring (bicyclic) bond motifs is 3. The molecule has 0 radical (unpaired) electrons. The van der Waals surface area contributed by atoms with Gasteiger partial charge in [-0.3, -0.25) is 0 Å². The van der Waals surface area contributed by atoms with E-state index in [-0.39, 0.29) is 0 Å². The molecule has 0 saturated heterocycles. The van der Waals surface area contributed by atoms with Crippen LogP contribution >= 0.6 is 0 Å². The van der Waals surface area contributed by atoms with E-state index >= 15 is 0 Å². The summed E-state index contributed by atoms with van der Waals surface area (Å²) in [4.78, 5) is 6.99. The molecule has 5 heteroatoms. The molecule has 8 aromatic carbocycles. The fourth-order valence-corrected chi connectivity index (χ4v) is 7.52. The van der Waals surface area contributed by atoms with Crippen molar-refractivity contribution in [3.63, 3.8) is 0 Å². The smallest absolute Gasteiger partial charge is 0.258 e. The summed E-state index contributed by atoms with van der Waals surface area (Å²) >= 11 is 0. The zero-order valence-electron chi connectivity index (χ0n) is 29.8. The van der Waals surface area contributed by atoms with Crippen LogP contribution in [0, 0.1) is 0 Å². The van der Waals surface area contributed by atoms with Gasteiger partial charge in [-0.05, 0) is 101 Å². The number of nitrogens with zero attached hydrogens (tertiary/aromatic N) is 4. The number of hydrogen-bond donors (Lipinski definition) is 0. The fourth-order valence-electron chi connectivity index (χ4n) is 7.52. The van der Waals surface area contributed by atoms with Crippen LogP contribution in [0.15, 0.2) is 211 Å². The lowest BCUT2D eigenvalue weighted by molar-refractivity contribution is 0.432. The SMILES string of the molecule is c1ccc(-c2ccc3c(c2)c2cc(-c4ccccc4)ccc2n3-c2ccc(N(c3ccccc3)c3cccc(-c4nc(-c5ccccc5)no4)c3)cc2)cc1. The zero-order chi connectivity index (χ0) is 36.6. The lowest BCUT2D eigenvalue weighted by Crippen LogP contribution is -2.10. The average Bonchev–Trinajstić information content (AvgIpc) is 3.89. The van der Waals surface area contributed by atoms with Crippen molar-refractivity contribution in [2.45, 2.75) is 0 Å². The molecule has 0 amide bonds. The molecule has 0 atom stereocenters. The van der Waals surface area contributed by atoms with Crippen LogP contribution < -0.4 is 4.90 Å². The first kappa shape index (κ1) is 32.2. The predicted octanol–water partition coefficient (Wildman–Crippen LogP) is 13.3. The summed E-state index contributed by atoms with van der Waals surface area (Å²) in [6, 6.07) is 72.3. The monoisotopic (exact) mass is 706 g/mol. The van der Waals surface area contributed by atoms with Crippen molar-refractivity contribution >= 4 is 38.9 Å². The number of rotatable bonds is 8. The lowest BCUT2D eigenvalue weighted by Gasteiger charge is -2.26. The molecular weight excluding hydrogens is 673 g/mol. The fraction of sp³-hybridized carbons (Fsp3) is 0. The average molecular weight is 707 g/mol. The Balaban J connectivity index is 1.07. The quantitative estimate of drug-likeness (QED) is 0.158. The Labute approximate surface area is 319 Å². The Morgan fingerprint density at radius 3 is 1.45 bits per heavy atom. The van der Waals surface area contributed by atoms with E-state index in [4.69, 9.17) is 9.51 Å². The number of para-hydroxylation sites is 1. The summed E-state index contributed by atoms with van der Waals surface area (Å²) in [5.41, 5.74) is 13.0. The minimum atomic E-state index is 0.473. The Morgan fingerprint density at radius 1 is 0.382 bits per heavy atom. The Hall–Kier alpha value is -7.50. The summed E-state index contributed by atoms with van der Waals surface area (Å²) in [5, 5.41) is 6.71. The maximum Gasteiger partial charge on any atom is 0.258 e. The summed E-state index contributed by atoms with van der Waals surface area (Å²) in [7, 11) is 0. The highest BCUT2D eigenvalue weighted by atomic mass is 16.5. The molecule has 2 aromatic heterocycles. The van der Waals surface area contributed by atoms with Gasteiger partial charge in [0.25, 0.3) is 5.89 Å². The van der Waals surface area contributed by atoms with Crippen LogP contribution in [0.25, 0.3) is 72.6 Å². The van der Waals surface area contributed by atoms with Crippen molar-refractivity contribution in [3.05, 3.63) is 206 Å². The van der Waals surface area contributed by atoms with E-state index < -0.39 is 0 Å². The van der Waals surface area contributed by atoms with Gasteiger partial charge < -0.3 is 14.0 Å². The summed E-state index contributed by atoms with van der Waals surface area (Å²) in [5.74, 6) is 1.04. The van der Waals surface area contributed by atoms with Crippen molar-refractivity contribution in [2.75, 3.05) is 4.90 Å². The van der Waals surface area contributed by atoms with Crippen molar-refractivity contribution in [3.8, 4) is 50.8 Å². The molecule has 0 aliphatic rings. The first-order valence-electron chi connectivity index (χ1n) is 18.4. The lowest BCUT2D eigenvalue weighted by atomic mass is 10.0. The predicted molar refractivity (Wildman–Crippen MR) is 225 cm³/mol. The number of aromatic nitrogens is 3. The topological polar surface area (TPSA) is 47.1 Å². The molecule has 260 valence electrons. The Morgan fingerprint density at radius 2 is 0.873 bits per heavy atom. The van der Waals surface area contributed by atoms with Crippen LogP contribution in [-0.4, -0.2) is 14.7 Å². The molecular formula is C50H34N4O. The molecule has 55 heavy (non-hydrogen) atoms. The van der Waals surface area contributed by atoms with Crippen LogP contribution in [0.1, 0.15) is 0 Å². The third-order valence-electron chi connectivity index (χ3n) is 10.2. The first-order valence-corrected chi connectivity index (χ1v) is 18.4. The van der Waals surface area contributed by atoms with E-state index in [2.05, 4.69) is 172 Å². The summed E-state index contributed by atoms with van der Waals surface area (Å²) < 4.78 is 8.14. The highest BCUT2D eigenvalue weighted by molar-refractivity contribution is 6.11. The van der Waals surface area contributed by atoms with E-state index in [1.165, 1.54) is 33.0 Å². The van der Waals surface area contributed by atoms with E-state index in [1.54, 1.807) is 0 Å². The molecule has 0 spiro atoms. The van der Waals surface area contributed by atoms with Gasteiger partial charge in [0.05, 0.1) is 11.0 Å². The van der Waals surface area contributed by atoms with Gasteiger partial charge >= 0.3 is 0 Å².